The van der Waals surface area contributed by atoms with Gasteiger partial charge in [0.1, 0.15) is 4.90 Å². The summed E-state index contributed by atoms with van der Waals surface area (Å²) < 4.78 is 28.5. The number of rotatable bonds is 9. The Morgan fingerprint density at radius 1 is 1.26 bits per heavy atom. The lowest BCUT2D eigenvalue weighted by atomic mass is 10.2. The molecule has 0 unspecified atom stereocenters. The molecule has 0 aliphatic carbocycles. The highest BCUT2D eigenvalue weighted by atomic mass is 35.5. The van der Waals surface area contributed by atoms with Crippen LogP contribution in [0.4, 0.5) is 5.69 Å². The van der Waals surface area contributed by atoms with Crippen LogP contribution >= 0.6 is 11.6 Å². The monoisotopic (exact) mass is 362 g/mol. The van der Waals surface area contributed by atoms with Crippen LogP contribution in [0.3, 0.4) is 0 Å². The second-order valence-electron chi connectivity index (χ2n) is 5.15. The summed E-state index contributed by atoms with van der Waals surface area (Å²) in [5, 5.41) is 8.19. The number of hydrogen-bond donors (Lipinski definition) is 2. The Morgan fingerprint density at radius 2 is 1.91 bits per heavy atom. The van der Waals surface area contributed by atoms with Crippen molar-refractivity contribution in [3.8, 4) is 0 Å². The van der Waals surface area contributed by atoms with Crippen LogP contribution in [0.15, 0.2) is 17.0 Å². The van der Waals surface area contributed by atoms with Gasteiger partial charge in [-0.25, -0.2) is 18.4 Å². The van der Waals surface area contributed by atoms with E-state index in [9.17, 15) is 13.2 Å². The molecule has 0 saturated heterocycles. The molecule has 3 N–H and O–H groups in total. The van der Waals surface area contributed by atoms with Crippen LogP contribution < -0.4 is 10.5 Å². The van der Waals surface area contributed by atoms with E-state index in [2.05, 4.69) is 5.32 Å². The van der Waals surface area contributed by atoms with E-state index in [1.165, 1.54) is 6.07 Å². The molecule has 1 aromatic carbocycles. The fourth-order valence-electron chi connectivity index (χ4n) is 1.84. The second kappa shape index (κ2) is 9.10. The smallest absolute Gasteiger partial charge is 0.338 e. The van der Waals surface area contributed by atoms with Gasteiger partial charge >= 0.3 is 5.97 Å². The Hall–Kier alpha value is -1.31. The highest BCUT2D eigenvalue weighted by Crippen LogP contribution is 2.31. The number of hydrogen-bond acceptors (Lipinski definition) is 5. The van der Waals surface area contributed by atoms with Crippen molar-refractivity contribution in [1.82, 2.24) is 0 Å². The molecule has 0 aromatic heterocycles. The number of ether oxygens (including phenoxy) is 1. The van der Waals surface area contributed by atoms with Gasteiger partial charge in [-0.05, 0) is 25.0 Å². The molecular formula is C15H23ClN2O4S. The Morgan fingerprint density at radius 3 is 2.48 bits per heavy atom. The molecule has 0 spiro atoms. The highest BCUT2D eigenvalue weighted by Gasteiger charge is 2.21. The number of nitrogens with two attached hydrogens (primary N) is 1. The third-order valence-corrected chi connectivity index (χ3v) is 4.61. The minimum Gasteiger partial charge on any atom is -0.462 e. The number of nitrogens with one attached hydrogen (secondary N) is 1. The summed E-state index contributed by atoms with van der Waals surface area (Å²) in [4.78, 5) is 11.8. The first-order chi connectivity index (χ1) is 10.8. The number of unbranched alkanes of at least 4 members (excludes halogenated alkanes) is 2. The first kappa shape index (κ1) is 19.7. The third kappa shape index (κ3) is 6.01. The van der Waals surface area contributed by atoms with Crippen LogP contribution in [0.1, 0.15) is 49.9 Å². The number of primary sulfonamides is 1. The van der Waals surface area contributed by atoms with Crippen LogP contribution in [-0.2, 0) is 14.8 Å². The number of carbonyl (C=O) groups excluding carboxylic acids is 1. The molecule has 8 heteroatoms. The number of anilines is 1. The largest absolute Gasteiger partial charge is 0.462 e. The fourth-order valence-corrected chi connectivity index (χ4v) is 2.99. The van der Waals surface area contributed by atoms with Gasteiger partial charge in [-0.2, -0.15) is 0 Å². The van der Waals surface area contributed by atoms with Crippen molar-refractivity contribution in [3.05, 3.63) is 22.7 Å². The Labute approximate surface area is 142 Å². The van der Waals surface area contributed by atoms with Crippen LogP contribution in [0.2, 0.25) is 5.02 Å². The van der Waals surface area contributed by atoms with Crippen molar-refractivity contribution in [2.24, 2.45) is 5.14 Å². The standard InChI is InChI=1S/C15H23ClN2O4S/c1-3-5-7-18-12-9-11(15(19)22-8-6-4-2)10-13(14(12)16)23(17,20)21/h9-10,18H,3-8H2,1-2H3,(H2,17,20,21). The van der Waals surface area contributed by atoms with Gasteiger partial charge < -0.3 is 10.1 Å². The number of esters is 1. The van der Waals surface area contributed by atoms with E-state index in [0.29, 0.717) is 12.2 Å². The van der Waals surface area contributed by atoms with Crippen molar-refractivity contribution in [2.75, 3.05) is 18.5 Å². The Bertz CT molecular complexity index is 647. The van der Waals surface area contributed by atoms with E-state index >= 15 is 0 Å². The average Bonchev–Trinajstić information content (AvgIpc) is 2.48. The summed E-state index contributed by atoms with van der Waals surface area (Å²) in [6, 6.07) is 2.64. The van der Waals surface area contributed by atoms with Gasteiger partial charge in [0, 0.05) is 6.54 Å². The molecule has 0 aliphatic heterocycles. The van der Waals surface area contributed by atoms with Gasteiger partial charge in [0.2, 0.25) is 10.0 Å². The quantitative estimate of drug-likeness (QED) is 0.519. The van der Waals surface area contributed by atoms with Gasteiger partial charge in [-0.1, -0.05) is 38.3 Å². The van der Waals surface area contributed by atoms with Gasteiger partial charge in [-0.3, -0.25) is 0 Å². The summed E-state index contributed by atoms with van der Waals surface area (Å²) in [5.74, 6) is -0.599. The van der Waals surface area contributed by atoms with Crippen molar-refractivity contribution in [3.63, 3.8) is 0 Å². The van der Waals surface area contributed by atoms with E-state index in [1.807, 2.05) is 13.8 Å². The zero-order valence-corrected chi connectivity index (χ0v) is 15.0. The van der Waals surface area contributed by atoms with Gasteiger partial charge in [0.15, 0.2) is 0 Å². The molecule has 0 saturated carbocycles. The predicted octanol–water partition coefficient (Wildman–Crippen LogP) is 3.16. The second-order valence-corrected chi connectivity index (χ2v) is 7.06. The Kier molecular flexibility index (Phi) is 7.81. The first-order valence-electron chi connectivity index (χ1n) is 7.58. The van der Waals surface area contributed by atoms with Crippen LogP contribution in [0, 0.1) is 0 Å². The molecule has 1 rings (SSSR count). The minimum absolute atomic E-state index is 0.0197. The predicted molar refractivity (Wildman–Crippen MR) is 91.4 cm³/mol. The molecule has 0 amide bonds. The van der Waals surface area contributed by atoms with Crippen LogP contribution in [0.5, 0.6) is 0 Å². The molecule has 0 heterocycles. The van der Waals surface area contributed by atoms with Crippen molar-refractivity contribution >= 4 is 33.3 Å². The summed E-state index contributed by atoms with van der Waals surface area (Å²) >= 11 is 6.10. The molecular weight excluding hydrogens is 340 g/mol. The maximum atomic E-state index is 12.1. The fraction of sp³-hybridized carbons (Fsp3) is 0.533. The lowest BCUT2D eigenvalue weighted by Crippen LogP contribution is -2.16. The molecule has 130 valence electrons. The SMILES string of the molecule is CCCCNc1cc(C(=O)OCCCC)cc(S(N)(=O)=O)c1Cl. The maximum absolute atomic E-state index is 12.1. The third-order valence-electron chi connectivity index (χ3n) is 3.16. The van der Waals surface area contributed by atoms with Crippen molar-refractivity contribution in [1.29, 1.82) is 0 Å². The first-order valence-corrected chi connectivity index (χ1v) is 9.51. The lowest BCUT2D eigenvalue weighted by Gasteiger charge is -2.13. The summed E-state index contributed by atoms with van der Waals surface area (Å²) in [5.41, 5.74) is 0.461. The molecule has 0 bridgehead atoms. The summed E-state index contributed by atoms with van der Waals surface area (Å²) in [6.45, 7) is 4.89. The summed E-state index contributed by atoms with van der Waals surface area (Å²) in [6.07, 6.45) is 3.47. The normalized spacial score (nSPS) is 11.3. The van der Waals surface area contributed by atoms with E-state index < -0.39 is 16.0 Å². The average molecular weight is 363 g/mol. The molecule has 0 atom stereocenters. The van der Waals surface area contributed by atoms with E-state index in [0.717, 1.165) is 31.7 Å². The highest BCUT2D eigenvalue weighted by molar-refractivity contribution is 7.89. The zero-order chi connectivity index (χ0) is 17.5. The van der Waals surface area contributed by atoms with Crippen LogP contribution in [-0.4, -0.2) is 27.5 Å². The van der Waals surface area contributed by atoms with Gasteiger partial charge in [-0.15, -0.1) is 0 Å². The van der Waals surface area contributed by atoms with E-state index in [-0.39, 0.29) is 22.1 Å². The molecule has 0 fully saturated rings. The zero-order valence-electron chi connectivity index (χ0n) is 13.4. The molecule has 6 nitrogen and oxygen atoms in total. The topological polar surface area (TPSA) is 98.5 Å². The lowest BCUT2D eigenvalue weighted by molar-refractivity contribution is 0.0499. The van der Waals surface area contributed by atoms with E-state index in [1.54, 1.807) is 0 Å². The molecule has 0 radical (unpaired) electrons. The Balaban J connectivity index is 3.15. The van der Waals surface area contributed by atoms with E-state index in [4.69, 9.17) is 21.5 Å². The molecule has 1 aromatic rings. The number of carbonyl (C=O) groups is 1. The number of benzene rings is 1. The molecule has 23 heavy (non-hydrogen) atoms. The minimum atomic E-state index is -4.05. The molecule has 0 aliphatic rings. The number of sulfonamides is 1. The van der Waals surface area contributed by atoms with Gasteiger partial charge in [0.25, 0.3) is 0 Å². The van der Waals surface area contributed by atoms with Crippen molar-refractivity contribution in [2.45, 2.75) is 44.4 Å². The summed E-state index contributed by atoms with van der Waals surface area (Å²) in [7, 11) is -4.05. The van der Waals surface area contributed by atoms with Crippen molar-refractivity contribution < 1.29 is 17.9 Å². The number of halogens is 1. The maximum Gasteiger partial charge on any atom is 0.338 e. The van der Waals surface area contributed by atoms with Gasteiger partial charge in [0.05, 0.1) is 22.9 Å². The van der Waals surface area contributed by atoms with Crippen LogP contribution in [0.25, 0.3) is 0 Å².